The van der Waals surface area contributed by atoms with Crippen molar-refractivity contribution in [2.75, 3.05) is 43.4 Å². The fourth-order valence-corrected chi connectivity index (χ4v) is 3.63. The summed E-state index contributed by atoms with van der Waals surface area (Å²) < 4.78 is 37.1. The van der Waals surface area contributed by atoms with Crippen LogP contribution in [0.1, 0.15) is 0 Å². The van der Waals surface area contributed by atoms with Crippen molar-refractivity contribution in [1.82, 2.24) is 4.90 Å². The lowest BCUT2D eigenvalue weighted by molar-refractivity contribution is -0.133. The van der Waals surface area contributed by atoms with Crippen LogP contribution in [0.4, 0.5) is 5.69 Å². The SMILES string of the molecule is CS(=O)(=O)N(CC(=O)N1CCOCC1)c1ccccc1Oc1ccccc1. The molecule has 0 N–H and O–H groups in total. The van der Waals surface area contributed by atoms with Gasteiger partial charge in [-0.05, 0) is 24.3 Å². The summed E-state index contributed by atoms with van der Waals surface area (Å²) in [5.74, 6) is 0.681. The fraction of sp³-hybridized carbons (Fsp3) is 0.316. The Kier molecular flexibility index (Phi) is 5.98. The summed E-state index contributed by atoms with van der Waals surface area (Å²) in [5.41, 5.74) is 0.325. The van der Waals surface area contributed by atoms with Crippen LogP contribution in [-0.4, -0.2) is 58.3 Å². The second-order valence-corrected chi connectivity index (χ2v) is 8.05. The lowest BCUT2D eigenvalue weighted by atomic mass is 10.2. The minimum Gasteiger partial charge on any atom is -0.455 e. The van der Waals surface area contributed by atoms with Gasteiger partial charge < -0.3 is 14.4 Å². The van der Waals surface area contributed by atoms with Crippen molar-refractivity contribution in [3.05, 3.63) is 54.6 Å². The molecule has 0 atom stereocenters. The highest BCUT2D eigenvalue weighted by Gasteiger charge is 2.27. The van der Waals surface area contributed by atoms with E-state index in [1.807, 2.05) is 18.2 Å². The van der Waals surface area contributed by atoms with Gasteiger partial charge in [0.1, 0.15) is 12.3 Å². The predicted octanol–water partition coefficient (Wildman–Crippen LogP) is 2.10. The van der Waals surface area contributed by atoms with E-state index in [0.29, 0.717) is 43.5 Å². The van der Waals surface area contributed by atoms with Crippen molar-refractivity contribution in [2.24, 2.45) is 0 Å². The van der Waals surface area contributed by atoms with E-state index in [1.165, 1.54) is 0 Å². The van der Waals surface area contributed by atoms with E-state index >= 15 is 0 Å². The van der Waals surface area contributed by atoms with Crippen LogP contribution in [0.3, 0.4) is 0 Å². The highest BCUT2D eigenvalue weighted by molar-refractivity contribution is 7.92. The Hall–Kier alpha value is -2.58. The lowest BCUT2D eigenvalue weighted by Crippen LogP contribution is -2.47. The number of morpholine rings is 1. The molecule has 1 fully saturated rings. The number of nitrogens with zero attached hydrogens (tertiary/aromatic N) is 2. The summed E-state index contributed by atoms with van der Waals surface area (Å²) in [4.78, 5) is 14.2. The molecule has 1 heterocycles. The zero-order chi connectivity index (χ0) is 19.3. The number of anilines is 1. The van der Waals surface area contributed by atoms with Crippen molar-refractivity contribution in [2.45, 2.75) is 0 Å². The number of ether oxygens (including phenoxy) is 2. The van der Waals surface area contributed by atoms with E-state index < -0.39 is 10.0 Å². The number of rotatable bonds is 6. The molecule has 2 aromatic carbocycles. The van der Waals surface area contributed by atoms with Crippen LogP contribution in [0, 0.1) is 0 Å². The monoisotopic (exact) mass is 390 g/mol. The minimum absolute atomic E-state index is 0.266. The lowest BCUT2D eigenvalue weighted by Gasteiger charge is -2.30. The Morgan fingerprint density at radius 2 is 1.70 bits per heavy atom. The predicted molar refractivity (Wildman–Crippen MR) is 103 cm³/mol. The summed E-state index contributed by atoms with van der Waals surface area (Å²) in [5, 5.41) is 0. The maximum atomic E-state index is 12.6. The molecule has 27 heavy (non-hydrogen) atoms. The summed E-state index contributed by atoms with van der Waals surface area (Å²) in [6, 6.07) is 15.9. The molecule has 0 unspecified atom stereocenters. The number of para-hydroxylation sites is 3. The summed E-state index contributed by atoms with van der Waals surface area (Å²) in [6.45, 7) is 1.54. The Morgan fingerprint density at radius 3 is 2.37 bits per heavy atom. The molecule has 144 valence electrons. The Bertz CT molecular complexity index is 880. The van der Waals surface area contributed by atoms with Crippen LogP contribution in [-0.2, 0) is 19.6 Å². The smallest absolute Gasteiger partial charge is 0.243 e. The zero-order valence-corrected chi connectivity index (χ0v) is 15.9. The molecule has 7 nitrogen and oxygen atoms in total. The third kappa shape index (κ3) is 4.99. The first kappa shape index (κ1) is 19.2. The maximum Gasteiger partial charge on any atom is 0.243 e. The van der Waals surface area contributed by atoms with E-state index in [2.05, 4.69) is 0 Å². The number of carbonyl (C=O) groups excluding carboxylic acids is 1. The average molecular weight is 390 g/mol. The van der Waals surface area contributed by atoms with Crippen molar-refractivity contribution < 1.29 is 22.7 Å². The van der Waals surface area contributed by atoms with Gasteiger partial charge in [0.05, 0.1) is 25.2 Å². The van der Waals surface area contributed by atoms with Crippen LogP contribution in [0.5, 0.6) is 11.5 Å². The van der Waals surface area contributed by atoms with Gasteiger partial charge in [-0.3, -0.25) is 9.10 Å². The summed E-state index contributed by atoms with van der Waals surface area (Å²) in [6.07, 6.45) is 1.08. The van der Waals surface area contributed by atoms with E-state index in [9.17, 15) is 13.2 Å². The van der Waals surface area contributed by atoms with E-state index in [1.54, 1.807) is 41.3 Å². The second-order valence-electron chi connectivity index (χ2n) is 6.15. The van der Waals surface area contributed by atoms with E-state index in [0.717, 1.165) is 10.6 Å². The van der Waals surface area contributed by atoms with Gasteiger partial charge in [0.2, 0.25) is 15.9 Å². The molecule has 1 aliphatic heterocycles. The Morgan fingerprint density at radius 1 is 1.07 bits per heavy atom. The standard InChI is InChI=1S/C19H22N2O5S/c1-27(23,24)21(15-19(22)20-11-13-25-14-12-20)17-9-5-6-10-18(17)26-16-7-3-2-4-8-16/h2-10H,11-15H2,1H3. The fourth-order valence-electron chi connectivity index (χ4n) is 2.78. The number of hydrogen-bond donors (Lipinski definition) is 0. The summed E-state index contributed by atoms with van der Waals surface area (Å²) in [7, 11) is -3.69. The van der Waals surface area contributed by atoms with Gasteiger partial charge in [0.15, 0.2) is 5.75 Å². The minimum atomic E-state index is -3.69. The maximum absolute atomic E-state index is 12.6. The number of benzene rings is 2. The number of hydrogen-bond acceptors (Lipinski definition) is 5. The normalized spacial score (nSPS) is 14.6. The van der Waals surface area contributed by atoms with Gasteiger partial charge in [-0.1, -0.05) is 30.3 Å². The molecule has 0 radical (unpaired) electrons. The third-order valence-electron chi connectivity index (χ3n) is 4.15. The van der Waals surface area contributed by atoms with Gasteiger partial charge in [0, 0.05) is 13.1 Å². The van der Waals surface area contributed by atoms with Gasteiger partial charge >= 0.3 is 0 Å². The topological polar surface area (TPSA) is 76.2 Å². The van der Waals surface area contributed by atoms with Crippen LogP contribution in [0.15, 0.2) is 54.6 Å². The average Bonchev–Trinajstić information content (AvgIpc) is 2.67. The highest BCUT2D eigenvalue weighted by atomic mass is 32.2. The van der Waals surface area contributed by atoms with Gasteiger partial charge in [-0.25, -0.2) is 8.42 Å². The van der Waals surface area contributed by atoms with E-state index in [-0.39, 0.29) is 12.5 Å². The molecule has 0 spiro atoms. The van der Waals surface area contributed by atoms with Crippen LogP contribution < -0.4 is 9.04 Å². The molecular formula is C19H22N2O5S. The highest BCUT2D eigenvalue weighted by Crippen LogP contribution is 2.33. The first-order valence-corrected chi connectivity index (χ1v) is 10.4. The molecule has 1 amide bonds. The molecule has 1 aliphatic rings. The summed E-state index contributed by atoms with van der Waals surface area (Å²) >= 11 is 0. The molecule has 0 bridgehead atoms. The molecule has 0 aromatic heterocycles. The number of carbonyl (C=O) groups is 1. The molecule has 3 rings (SSSR count). The largest absolute Gasteiger partial charge is 0.455 e. The Balaban J connectivity index is 1.88. The van der Waals surface area contributed by atoms with Crippen LogP contribution in [0.2, 0.25) is 0 Å². The molecule has 8 heteroatoms. The number of sulfonamides is 1. The Labute approximate surface area is 159 Å². The van der Waals surface area contributed by atoms with E-state index in [4.69, 9.17) is 9.47 Å². The molecule has 2 aromatic rings. The van der Waals surface area contributed by atoms with Crippen molar-refractivity contribution in [3.63, 3.8) is 0 Å². The first-order valence-electron chi connectivity index (χ1n) is 8.60. The first-order chi connectivity index (χ1) is 12.9. The van der Waals surface area contributed by atoms with Crippen molar-refractivity contribution in [1.29, 1.82) is 0 Å². The van der Waals surface area contributed by atoms with Gasteiger partial charge in [-0.2, -0.15) is 0 Å². The number of amides is 1. The molecular weight excluding hydrogens is 368 g/mol. The second kappa shape index (κ2) is 8.41. The van der Waals surface area contributed by atoms with Crippen molar-refractivity contribution >= 4 is 21.6 Å². The quantitative estimate of drug-likeness (QED) is 0.755. The van der Waals surface area contributed by atoms with Crippen LogP contribution in [0.25, 0.3) is 0 Å². The van der Waals surface area contributed by atoms with Crippen molar-refractivity contribution in [3.8, 4) is 11.5 Å². The third-order valence-corrected chi connectivity index (χ3v) is 5.27. The van der Waals surface area contributed by atoms with Crippen LogP contribution >= 0.6 is 0 Å². The zero-order valence-electron chi connectivity index (χ0n) is 15.1. The molecule has 1 saturated heterocycles. The molecule has 0 saturated carbocycles. The van der Waals surface area contributed by atoms with Gasteiger partial charge in [0.25, 0.3) is 0 Å². The molecule has 0 aliphatic carbocycles. The van der Waals surface area contributed by atoms with Gasteiger partial charge in [-0.15, -0.1) is 0 Å².